The highest BCUT2D eigenvalue weighted by Gasteiger charge is 2.39. The molecule has 0 spiro atoms. The van der Waals surface area contributed by atoms with Gasteiger partial charge in [0, 0.05) is 17.2 Å². The van der Waals surface area contributed by atoms with Gasteiger partial charge in [0.25, 0.3) is 0 Å². The van der Waals surface area contributed by atoms with Crippen LogP contribution >= 0.6 is 0 Å². The van der Waals surface area contributed by atoms with Crippen molar-refractivity contribution in [2.75, 3.05) is 13.2 Å². The fraction of sp³-hybridized carbons (Fsp3) is 0.591. The zero-order valence-corrected chi connectivity index (χ0v) is 18.0. The Morgan fingerprint density at radius 1 is 0.964 bits per heavy atom. The summed E-state index contributed by atoms with van der Waals surface area (Å²) in [5.41, 5.74) is -0.655. The SMILES string of the molecule is CCOC(=O)/C=C(\c1cc(C(C)(C)C)cc(C(C)(C)C)c1OCC)C(F)(F)F. The predicted octanol–water partition coefficient (Wildman–Crippen LogP) is 6.19. The van der Waals surface area contributed by atoms with Crippen LogP contribution in [0.5, 0.6) is 5.75 Å². The molecular weight excluding hydrogens is 369 g/mol. The van der Waals surface area contributed by atoms with E-state index in [1.807, 2.05) is 47.6 Å². The minimum atomic E-state index is -4.75. The Balaban J connectivity index is 3.97. The van der Waals surface area contributed by atoms with Gasteiger partial charge in [-0.1, -0.05) is 47.6 Å². The number of hydrogen-bond acceptors (Lipinski definition) is 3. The molecule has 158 valence electrons. The molecule has 0 N–H and O–H groups in total. The molecule has 0 aliphatic carbocycles. The lowest BCUT2D eigenvalue weighted by molar-refractivity contribution is -0.137. The van der Waals surface area contributed by atoms with Gasteiger partial charge in [-0.15, -0.1) is 0 Å². The Morgan fingerprint density at radius 3 is 1.93 bits per heavy atom. The fourth-order valence-corrected chi connectivity index (χ4v) is 2.73. The Kier molecular flexibility index (Phi) is 7.37. The maximum Gasteiger partial charge on any atom is 0.417 e. The molecule has 1 rings (SSSR count). The second-order valence-corrected chi connectivity index (χ2v) is 8.64. The third-order valence-electron chi connectivity index (χ3n) is 4.20. The van der Waals surface area contributed by atoms with Gasteiger partial charge in [-0.25, -0.2) is 4.79 Å². The third kappa shape index (κ3) is 6.01. The molecule has 1 aromatic carbocycles. The molecule has 0 atom stereocenters. The molecule has 0 radical (unpaired) electrons. The summed E-state index contributed by atoms with van der Waals surface area (Å²) < 4.78 is 52.3. The quantitative estimate of drug-likeness (QED) is 0.437. The standard InChI is InChI=1S/C22H31F3O3/c1-9-27-18(26)13-16(22(23,24)25)15-11-14(20(3,4)5)12-17(21(6,7)8)19(15)28-10-2/h11-13H,9-10H2,1-8H3/b16-13+. The molecule has 0 unspecified atom stereocenters. The number of ether oxygens (including phenoxy) is 2. The van der Waals surface area contributed by atoms with Gasteiger partial charge >= 0.3 is 12.1 Å². The number of hydrogen-bond donors (Lipinski definition) is 0. The van der Waals surface area contributed by atoms with Crippen molar-refractivity contribution < 1.29 is 27.4 Å². The Hall–Kier alpha value is -1.98. The van der Waals surface area contributed by atoms with E-state index < -0.39 is 23.1 Å². The maximum absolute atomic E-state index is 14.0. The topological polar surface area (TPSA) is 35.5 Å². The molecule has 0 fully saturated rings. The molecule has 0 bridgehead atoms. The summed E-state index contributed by atoms with van der Waals surface area (Å²) in [7, 11) is 0. The monoisotopic (exact) mass is 400 g/mol. The Morgan fingerprint density at radius 2 is 1.54 bits per heavy atom. The highest BCUT2D eigenvalue weighted by molar-refractivity contribution is 5.94. The summed E-state index contributed by atoms with van der Waals surface area (Å²) in [4.78, 5) is 11.9. The second-order valence-electron chi connectivity index (χ2n) is 8.64. The summed E-state index contributed by atoms with van der Waals surface area (Å²) in [5.74, 6) is -0.883. The maximum atomic E-state index is 14.0. The number of benzene rings is 1. The first kappa shape index (κ1) is 24.1. The number of rotatable bonds is 5. The molecule has 0 heterocycles. The number of carbonyl (C=O) groups is 1. The number of allylic oxidation sites excluding steroid dienone is 1. The fourth-order valence-electron chi connectivity index (χ4n) is 2.73. The second kappa shape index (κ2) is 8.58. The predicted molar refractivity (Wildman–Crippen MR) is 106 cm³/mol. The van der Waals surface area contributed by atoms with Crippen LogP contribution in [0, 0.1) is 0 Å². The first-order valence-corrected chi connectivity index (χ1v) is 9.40. The van der Waals surface area contributed by atoms with Crippen molar-refractivity contribution in [3.05, 3.63) is 34.9 Å². The average molecular weight is 400 g/mol. The van der Waals surface area contributed by atoms with Crippen molar-refractivity contribution in [2.45, 2.75) is 72.4 Å². The van der Waals surface area contributed by atoms with Gasteiger partial charge in [-0.3, -0.25) is 0 Å². The van der Waals surface area contributed by atoms with E-state index in [9.17, 15) is 18.0 Å². The van der Waals surface area contributed by atoms with E-state index in [1.54, 1.807) is 13.8 Å². The minimum absolute atomic E-state index is 0.00589. The van der Waals surface area contributed by atoms with Crippen LogP contribution in [-0.4, -0.2) is 25.4 Å². The summed E-state index contributed by atoms with van der Waals surface area (Å²) >= 11 is 0. The van der Waals surface area contributed by atoms with Crippen molar-refractivity contribution in [2.24, 2.45) is 0 Å². The largest absolute Gasteiger partial charge is 0.493 e. The van der Waals surface area contributed by atoms with E-state index >= 15 is 0 Å². The van der Waals surface area contributed by atoms with Crippen LogP contribution in [-0.2, 0) is 20.4 Å². The van der Waals surface area contributed by atoms with E-state index in [0.717, 1.165) is 5.56 Å². The van der Waals surface area contributed by atoms with E-state index in [-0.39, 0.29) is 29.9 Å². The Labute approximate surface area is 165 Å². The minimum Gasteiger partial charge on any atom is -0.493 e. The number of esters is 1. The molecule has 6 heteroatoms. The molecule has 3 nitrogen and oxygen atoms in total. The Bertz CT molecular complexity index is 733. The number of carbonyl (C=O) groups excluding carboxylic acids is 1. The zero-order valence-electron chi connectivity index (χ0n) is 18.0. The molecule has 0 amide bonds. The molecule has 0 aromatic heterocycles. The van der Waals surface area contributed by atoms with Crippen molar-refractivity contribution in [1.29, 1.82) is 0 Å². The van der Waals surface area contributed by atoms with E-state index in [2.05, 4.69) is 0 Å². The van der Waals surface area contributed by atoms with Gasteiger partial charge in [-0.2, -0.15) is 13.2 Å². The normalized spacial score (nSPS) is 13.5. The summed E-state index contributed by atoms with van der Waals surface area (Å²) in [6.07, 6.45) is -4.23. The highest BCUT2D eigenvalue weighted by atomic mass is 19.4. The van der Waals surface area contributed by atoms with Gasteiger partial charge in [0.15, 0.2) is 0 Å². The van der Waals surface area contributed by atoms with Gasteiger partial charge in [0.05, 0.1) is 18.8 Å². The van der Waals surface area contributed by atoms with Crippen LogP contribution in [0.15, 0.2) is 18.2 Å². The molecular formula is C22H31F3O3. The van der Waals surface area contributed by atoms with Crippen LogP contribution in [0.3, 0.4) is 0 Å². The molecule has 0 aliphatic rings. The van der Waals surface area contributed by atoms with E-state index in [4.69, 9.17) is 9.47 Å². The number of halogens is 3. The summed E-state index contributed by atoms with van der Waals surface area (Å²) in [6.45, 7) is 15.0. The van der Waals surface area contributed by atoms with Crippen molar-refractivity contribution in [1.82, 2.24) is 0 Å². The van der Waals surface area contributed by atoms with Crippen LogP contribution < -0.4 is 4.74 Å². The average Bonchev–Trinajstić information content (AvgIpc) is 2.50. The molecule has 1 aromatic rings. The zero-order chi connectivity index (χ0) is 21.9. The molecule has 28 heavy (non-hydrogen) atoms. The van der Waals surface area contributed by atoms with Crippen molar-refractivity contribution in [3.8, 4) is 5.75 Å². The molecule has 0 aliphatic heterocycles. The lowest BCUT2D eigenvalue weighted by Crippen LogP contribution is -2.21. The first-order valence-electron chi connectivity index (χ1n) is 9.40. The van der Waals surface area contributed by atoms with Crippen molar-refractivity contribution >= 4 is 11.5 Å². The van der Waals surface area contributed by atoms with Gasteiger partial charge < -0.3 is 9.47 Å². The van der Waals surface area contributed by atoms with Gasteiger partial charge in [0.2, 0.25) is 0 Å². The van der Waals surface area contributed by atoms with Crippen LogP contribution in [0.25, 0.3) is 5.57 Å². The van der Waals surface area contributed by atoms with Crippen LogP contribution in [0.2, 0.25) is 0 Å². The summed E-state index contributed by atoms with van der Waals surface area (Å²) in [6, 6.07) is 3.37. The van der Waals surface area contributed by atoms with Crippen LogP contribution in [0.1, 0.15) is 72.1 Å². The van der Waals surface area contributed by atoms with Crippen molar-refractivity contribution in [3.63, 3.8) is 0 Å². The summed E-state index contributed by atoms with van der Waals surface area (Å²) in [5, 5.41) is 0. The molecule has 0 saturated heterocycles. The van der Waals surface area contributed by atoms with Crippen LogP contribution in [0.4, 0.5) is 13.2 Å². The smallest absolute Gasteiger partial charge is 0.417 e. The van der Waals surface area contributed by atoms with E-state index in [0.29, 0.717) is 11.6 Å². The number of alkyl halides is 3. The van der Waals surface area contributed by atoms with Gasteiger partial charge in [-0.05, 0) is 36.3 Å². The molecule has 0 saturated carbocycles. The third-order valence-corrected chi connectivity index (χ3v) is 4.20. The first-order chi connectivity index (χ1) is 12.6. The lowest BCUT2D eigenvalue weighted by atomic mass is 9.78. The lowest BCUT2D eigenvalue weighted by Gasteiger charge is -2.30. The highest BCUT2D eigenvalue weighted by Crippen LogP contribution is 2.45. The van der Waals surface area contributed by atoms with Gasteiger partial charge in [0.1, 0.15) is 5.75 Å². The van der Waals surface area contributed by atoms with E-state index in [1.165, 1.54) is 6.07 Å².